The highest BCUT2D eigenvalue weighted by atomic mass is 16.5. The molecule has 5 aliphatic carbocycles. The molecular weight excluding hydrogens is 464 g/mol. The first-order chi connectivity index (χ1) is 17.0. The van der Waals surface area contributed by atoms with Crippen LogP contribution in [0.25, 0.3) is 0 Å². The summed E-state index contributed by atoms with van der Waals surface area (Å²) in [5.41, 5.74) is 0.121. The standard InChI is InChI=1S/C32H50O5/c1-19(33)37-25-12-13-29(6)22(28(25,4)5)11-14-30(7)23(29)10-9-20-21-17-27(2,3)15-16-32(21,26(35)36)24(34)18-31(20,30)8/h9,21-25,34H,10-18H2,1-8H3,(H,35,36)/t21-,22?,23-,24?,25+,29+,30-,31-,32-/m1/s1. The SMILES string of the molecule is CC(=O)O[C@H]1CC[C@@]2(C)C(CC[C@]3(C)[C@@H]2CC=C2[C@H]4CC(C)(C)CC[C@]4(C(=O)O)C(O)C[C@]23C)C1(C)C. The van der Waals surface area contributed by atoms with Crippen molar-refractivity contribution in [3.63, 3.8) is 0 Å². The minimum Gasteiger partial charge on any atom is -0.481 e. The van der Waals surface area contributed by atoms with Gasteiger partial charge in [0.05, 0.1) is 6.10 Å². The lowest BCUT2D eigenvalue weighted by atomic mass is 9.33. The maximum Gasteiger partial charge on any atom is 0.312 e. The number of hydrogen-bond acceptors (Lipinski definition) is 4. The van der Waals surface area contributed by atoms with Crippen molar-refractivity contribution in [2.45, 2.75) is 125 Å². The number of hydrogen-bond donors (Lipinski definition) is 2. The number of ether oxygens (including phenoxy) is 1. The van der Waals surface area contributed by atoms with E-state index in [9.17, 15) is 19.8 Å². The molecule has 5 rings (SSSR count). The summed E-state index contributed by atoms with van der Waals surface area (Å²) < 4.78 is 5.85. The Balaban J connectivity index is 1.58. The third kappa shape index (κ3) is 3.44. The number of carbonyl (C=O) groups excluding carboxylic acids is 1. The van der Waals surface area contributed by atoms with Crippen LogP contribution in [0.15, 0.2) is 11.6 Å². The van der Waals surface area contributed by atoms with Gasteiger partial charge in [0.25, 0.3) is 0 Å². The normalized spacial score (nSPS) is 49.9. The Kier molecular flexibility index (Phi) is 5.95. The lowest BCUT2D eigenvalue weighted by molar-refractivity contribution is -0.223. The first-order valence-electron chi connectivity index (χ1n) is 14.7. The zero-order valence-electron chi connectivity index (χ0n) is 24.4. The van der Waals surface area contributed by atoms with Gasteiger partial charge in [-0.25, -0.2) is 0 Å². The highest BCUT2D eigenvalue weighted by Crippen LogP contribution is 2.75. The Morgan fingerprint density at radius 1 is 0.919 bits per heavy atom. The van der Waals surface area contributed by atoms with Crippen LogP contribution < -0.4 is 0 Å². The second-order valence-electron chi connectivity index (χ2n) is 15.7. The van der Waals surface area contributed by atoms with Crippen molar-refractivity contribution in [3.8, 4) is 0 Å². The van der Waals surface area contributed by atoms with E-state index in [1.807, 2.05) is 0 Å². The summed E-state index contributed by atoms with van der Waals surface area (Å²) in [5, 5.41) is 22.3. The lowest BCUT2D eigenvalue weighted by Crippen LogP contribution is -2.67. The molecule has 5 nitrogen and oxygen atoms in total. The van der Waals surface area contributed by atoms with E-state index < -0.39 is 17.5 Å². The summed E-state index contributed by atoms with van der Waals surface area (Å²) >= 11 is 0. The average molecular weight is 515 g/mol. The van der Waals surface area contributed by atoms with Crippen LogP contribution in [0.2, 0.25) is 0 Å². The predicted molar refractivity (Wildman–Crippen MR) is 144 cm³/mol. The number of aliphatic hydroxyl groups is 1. The molecule has 37 heavy (non-hydrogen) atoms. The minimum absolute atomic E-state index is 0.0140. The van der Waals surface area contributed by atoms with E-state index in [0.717, 1.165) is 44.9 Å². The summed E-state index contributed by atoms with van der Waals surface area (Å²) in [7, 11) is 0. The maximum absolute atomic E-state index is 12.9. The molecule has 0 saturated heterocycles. The van der Waals surface area contributed by atoms with E-state index in [0.29, 0.717) is 24.7 Å². The van der Waals surface area contributed by atoms with Crippen molar-refractivity contribution in [1.29, 1.82) is 0 Å². The number of carbonyl (C=O) groups is 2. The van der Waals surface area contributed by atoms with Gasteiger partial charge in [0.15, 0.2) is 0 Å². The van der Waals surface area contributed by atoms with Gasteiger partial charge in [-0.2, -0.15) is 0 Å². The molecule has 208 valence electrons. The molecule has 0 radical (unpaired) electrons. The second-order valence-corrected chi connectivity index (χ2v) is 15.7. The molecule has 5 heteroatoms. The Morgan fingerprint density at radius 3 is 2.22 bits per heavy atom. The second kappa shape index (κ2) is 8.08. The molecule has 2 N–H and O–H groups in total. The van der Waals surface area contributed by atoms with Gasteiger partial charge < -0.3 is 14.9 Å². The summed E-state index contributed by atoms with van der Waals surface area (Å²) in [4.78, 5) is 24.8. The van der Waals surface area contributed by atoms with E-state index in [1.54, 1.807) is 0 Å². The largest absolute Gasteiger partial charge is 0.481 e. The van der Waals surface area contributed by atoms with E-state index in [4.69, 9.17) is 4.74 Å². The van der Waals surface area contributed by atoms with Crippen molar-refractivity contribution in [2.75, 3.05) is 0 Å². The van der Waals surface area contributed by atoms with Crippen LogP contribution in [0.1, 0.15) is 113 Å². The fourth-order valence-electron chi connectivity index (χ4n) is 11.1. The van der Waals surface area contributed by atoms with Crippen LogP contribution in [0.4, 0.5) is 0 Å². The van der Waals surface area contributed by atoms with Crippen LogP contribution in [0.3, 0.4) is 0 Å². The molecular formula is C32H50O5. The molecule has 4 fully saturated rings. The van der Waals surface area contributed by atoms with E-state index in [2.05, 4.69) is 54.5 Å². The zero-order chi connectivity index (χ0) is 27.4. The third-order valence-electron chi connectivity index (χ3n) is 13.3. The van der Waals surface area contributed by atoms with Gasteiger partial charge in [0, 0.05) is 12.3 Å². The van der Waals surface area contributed by atoms with Gasteiger partial charge in [0.1, 0.15) is 11.5 Å². The Hall–Kier alpha value is -1.36. The van der Waals surface area contributed by atoms with E-state index in [1.165, 1.54) is 12.5 Å². The van der Waals surface area contributed by atoms with Crippen molar-refractivity contribution in [3.05, 3.63) is 11.6 Å². The fourth-order valence-corrected chi connectivity index (χ4v) is 11.1. The van der Waals surface area contributed by atoms with Crippen LogP contribution in [-0.4, -0.2) is 34.4 Å². The minimum atomic E-state index is -1.06. The highest BCUT2D eigenvalue weighted by Gasteiger charge is 2.71. The number of carboxylic acids is 1. The summed E-state index contributed by atoms with van der Waals surface area (Å²) in [6.07, 6.45) is 9.38. The number of rotatable bonds is 2. The maximum atomic E-state index is 12.9. The Bertz CT molecular complexity index is 1030. The van der Waals surface area contributed by atoms with Crippen LogP contribution in [-0.2, 0) is 14.3 Å². The van der Waals surface area contributed by atoms with Gasteiger partial charge in [-0.05, 0) is 97.2 Å². The quantitative estimate of drug-likeness (QED) is 0.314. The number of aliphatic carboxylic acids is 1. The summed E-state index contributed by atoms with van der Waals surface area (Å²) in [5.74, 6) is -0.200. The van der Waals surface area contributed by atoms with Gasteiger partial charge in [-0.1, -0.05) is 60.1 Å². The number of fused-ring (bicyclic) bond motifs is 7. The number of carboxylic acid groups (broad SMARTS) is 1. The average Bonchev–Trinajstić information content (AvgIpc) is 2.75. The molecule has 0 spiro atoms. The number of aliphatic hydroxyl groups excluding tert-OH is 1. The first kappa shape index (κ1) is 27.2. The lowest BCUT2D eigenvalue weighted by Gasteiger charge is -2.71. The molecule has 9 atom stereocenters. The predicted octanol–water partition coefficient (Wildman–Crippen LogP) is 6.78. The number of allylic oxidation sites excluding steroid dienone is 2. The van der Waals surface area contributed by atoms with Crippen LogP contribution in [0, 0.1) is 50.2 Å². The van der Waals surface area contributed by atoms with Gasteiger partial charge in [0.2, 0.25) is 0 Å². The van der Waals surface area contributed by atoms with Gasteiger partial charge >= 0.3 is 11.9 Å². The molecule has 5 aliphatic rings. The summed E-state index contributed by atoms with van der Waals surface area (Å²) in [6.45, 7) is 18.0. The Morgan fingerprint density at radius 2 is 1.59 bits per heavy atom. The molecule has 0 heterocycles. The summed E-state index contributed by atoms with van der Waals surface area (Å²) in [6, 6.07) is 0. The smallest absolute Gasteiger partial charge is 0.312 e. The van der Waals surface area contributed by atoms with Crippen LogP contribution >= 0.6 is 0 Å². The third-order valence-corrected chi connectivity index (χ3v) is 13.3. The van der Waals surface area contributed by atoms with Gasteiger partial charge in [-0.15, -0.1) is 0 Å². The van der Waals surface area contributed by atoms with Crippen molar-refractivity contribution in [1.82, 2.24) is 0 Å². The molecule has 0 aromatic carbocycles. The van der Waals surface area contributed by atoms with E-state index in [-0.39, 0.29) is 45.1 Å². The van der Waals surface area contributed by atoms with Crippen molar-refractivity contribution >= 4 is 11.9 Å². The number of esters is 1. The fraction of sp³-hybridized carbons (Fsp3) is 0.875. The topological polar surface area (TPSA) is 83.8 Å². The van der Waals surface area contributed by atoms with Crippen molar-refractivity contribution in [2.24, 2.45) is 50.2 Å². The van der Waals surface area contributed by atoms with Crippen molar-refractivity contribution < 1.29 is 24.5 Å². The van der Waals surface area contributed by atoms with E-state index >= 15 is 0 Å². The molecule has 2 unspecified atom stereocenters. The molecule has 0 aliphatic heterocycles. The highest BCUT2D eigenvalue weighted by molar-refractivity contribution is 5.77. The van der Waals surface area contributed by atoms with Crippen LogP contribution in [0.5, 0.6) is 0 Å². The molecule has 0 amide bonds. The molecule has 0 aromatic rings. The molecule has 0 aromatic heterocycles. The molecule has 0 bridgehead atoms. The zero-order valence-corrected chi connectivity index (χ0v) is 24.4. The molecule has 4 saturated carbocycles. The monoisotopic (exact) mass is 514 g/mol. The first-order valence-corrected chi connectivity index (χ1v) is 14.7. The Labute approximate surface area is 223 Å². The van der Waals surface area contributed by atoms with Gasteiger partial charge in [-0.3, -0.25) is 9.59 Å².